The second-order valence-corrected chi connectivity index (χ2v) is 3.25. The van der Waals surface area contributed by atoms with Crippen molar-refractivity contribution in [1.29, 1.82) is 0 Å². The van der Waals surface area contributed by atoms with Gasteiger partial charge in [-0.1, -0.05) is 6.08 Å². The van der Waals surface area contributed by atoms with Crippen molar-refractivity contribution in [2.45, 2.75) is 13.3 Å². The van der Waals surface area contributed by atoms with Gasteiger partial charge in [0.2, 0.25) is 0 Å². The second kappa shape index (κ2) is 6.33. The largest absolute Gasteiger partial charge is 0.476 e. The van der Waals surface area contributed by atoms with Crippen LogP contribution in [0.4, 0.5) is 5.82 Å². The number of anilines is 1. The van der Waals surface area contributed by atoms with E-state index in [9.17, 15) is 9.59 Å². The zero-order valence-corrected chi connectivity index (χ0v) is 9.79. The molecule has 0 saturated carbocycles. The molecule has 1 heterocycles. The lowest BCUT2D eigenvalue weighted by Gasteiger charge is -2.00. The van der Waals surface area contributed by atoms with Crippen molar-refractivity contribution in [3.8, 4) is 0 Å². The van der Waals surface area contributed by atoms with Gasteiger partial charge in [-0.05, 0) is 13.0 Å². The number of carbonyl (C=O) groups is 2. The predicted octanol–water partition coefficient (Wildman–Crippen LogP) is 0.723. The Morgan fingerprint density at radius 3 is 2.89 bits per heavy atom. The summed E-state index contributed by atoms with van der Waals surface area (Å²) in [5.74, 6) is -1.76. The van der Waals surface area contributed by atoms with E-state index < -0.39 is 5.97 Å². The summed E-state index contributed by atoms with van der Waals surface area (Å²) in [6.45, 7) is 2.03. The quantitative estimate of drug-likeness (QED) is 0.741. The van der Waals surface area contributed by atoms with E-state index >= 15 is 0 Å². The predicted molar refractivity (Wildman–Crippen MR) is 63.7 cm³/mol. The lowest BCUT2D eigenvalue weighted by molar-refractivity contribution is -0.142. The van der Waals surface area contributed by atoms with E-state index in [1.54, 1.807) is 6.92 Å². The molecule has 7 heteroatoms. The van der Waals surface area contributed by atoms with Crippen molar-refractivity contribution in [2.75, 3.05) is 12.3 Å². The van der Waals surface area contributed by atoms with Gasteiger partial charge in [0, 0.05) is 0 Å². The Labute approximate surface area is 103 Å². The minimum atomic E-state index is -1.25. The maximum Gasteiger partial charge on any atom is 0.358 e. The summed E-state index contributed by atoms with van der Waals surface area (Å²) < 4.78 is 4.72. The van der Waals surface area contributed by atoms with E-state index in [0.717, 1.165) is 0 Å². The van der Waals surface area contributed by atoms with Crippen molar-refractivity contribution < 1.29 is 19.4 Å². The summed E-state index contributed by atoms with van der Waals surface area (Å²) in [6, 6.07) is 0. The van der Waals surface area contributed by atoms with Crippen molar-refractivity contribution in [3.63, 3.8) is 0 Å². The molecule has 0 saturated heterocycles. The topological polar surface area (TPSA) is 115 Å². The van der Waals surface area contributed by atoms with Crippen molar-refractivity contribution in [1.82, 2.24) is 9.97 Å². The van der Waals surface area contributed by atoms with Gasteiger partial charge in [-0.3, -0.25) is 4.79 Å². The first kappa shape index (κ1) is 13.6. The standard InChI is InChI=1S/C11H13N3O4/c1-2-18-8(15)5-3-4-7-6-13-10(12)9(14-7)11(16)17/h3-4,6H,2,5H2,1H3,(H2,12,13)(H,16,17). The van der Waals surface area contributed by atoms with Gasteiger partial charge in [0.1, 0.15) is 0 Å². The molecule has 0 radical (unpaired) electrons. The van der Waals surface area contributed by atoms with E-state index in [2.05, 4.69) is 9.97 Å². The zero-order chi connectivity index (χ0) is 13.5. The van der Waals surface area contributed by atoms with E-state index in [1.807, 2.05) is 0 Å². The van der Waals surface area contributed by atoms with Crippen molar-refractivity contribution in [3.05, 3.63) is 23.7 Å². The lowest BCUT2D eigenvalue weighted by atomic mass is 10.3. The summed E-state index contributed by atoms with van der Waals surface area (Å²) in [7, 11) is 0. The van der Waals surface area contributed by atoms with Gasteiger partial charge < -0.3 is 15.6 Å². The molecule has 0 spiro atoms. The third kappa shape index (κ3) is 3.85. The number of nitrogens with two attached hydrogens (primary N) is 1. The number of aromatic carboxylic acids is 1. The molecule has 0 unspecified atom stereocenters. The van der Waals surface area contributed by atoms with Crippen LogP contribution in [0.15, 0.2) is 12.3 Å². The fraction of sp³-hybridized carbons (Fsp3) is 0.273. The van der Waals surface area contributed by atoms with Crippen LogP contribution in [0, 0.1) is 0 Å². The van der Waals surface area contributed by atoms with Crippen LogP contribution in [0.1, 0.15) is 29.5 Å². The molecule has 3 N–H and O–H groups in total. The zero-order valence-electron chi connectivity index (χ0n) is 9.79. The number of nitrogen functional groups attached to an aromatic ring is 1. The molecular weight excluding hydrogens is 238 g/mol. The van der Waals surface area contributed by atoms with Crippen LogP contribution in [-0.2, 0) is 9.53 Å². The Bertz CT molecular complexity index is 485. The highest BCUT2D eigenvalue weighted by Crippen LogP contribution is 2.07. The average molecular weight is 251 g/mol. The van der Waals surface area contributed by atoms with Crippen LogP contribution in [0.3, 0.4) is 0 Å². The molecule has 96 valence electrons. The summed E-state index contributed by atoms with van der Waals surface area (Å²) in [5, 5.41) is 8.79. The van der Waals surface area contributed by atoms with Crippen LogP contribution in [0.25, 0.3) is 6.08 Å². The molecule has 0 fully saturated rings. The summed E-state index contributed by atoms with van der Waals surface area (Å²) in [5.41, 5.74) is 5.35. The normalized spacial score (nSPS) is 10.5. The number of nitrogens with zero attached hydrogens (tertiary/aromatic N) is 2. The van der Waals surface area contributed by atoms with E-state index in [0.29, 0.717) is 12.3 Å². The second-order valence-electron chi connectivity index (χ2n) is 3.25. The highest BCUT2D eigenvalue weighted by molar-refractivity contribution is 5.90. The number of carboxylic acid groups (broad SMARTS) is 1. The van der Waals surface area contributed by atoms with Crippen LogP contribution >= 0.6 is 0 Å². The summed E-state index contributed by atoms with van der Waals surface area (Å²) >= 11 is 0. The van der Waals surface area contributed by atoms with Gasteiger partial charge in [-0.25, -0.2) is 14.8 Å². The van der Waals surface area contributed by atoms with Crippen LogP contribution in [0.5, 0.6) is 0 Å². The first-order valence-electron chi connectivity index (χ1n) is 5.22. The number of hydrogen-bond acceptors (Lipinski definition) is 6. The number of ether oxygens (including phenoxy) is 1. The monoisotopic (exact) mass is 251 g/mol. The molecule has 7 nitrogen and oxygen atoms in total. The Balaban J connectivity index is 2.73. The smallest absolute Gasteiger partial charge is 0.358 e. The minimum absolute atomic E-state index is 0.0856. The Morgan fingerprint density at radius 1 is 1.56 bits per heavy atom. The van der Waals surface area contributed by atoms with Gasteiger partial charge in [0.25, 0.3) is 0 Å². The molecule has 0 bridgehead atoms. The number of rotatable bonds is 5. The van der Waals surface area contributed by atoms with Crippen molar-refractivity contribution >= 4 is 23.8 Å². The summed E-state index contributed by atoms with van der Waals surface area (Å²) in [6.07, 6.45) is 4.41. The number of carboxylic acids is 1. The molecule has 0 aliphatic carbocycles. The maximum atomic E-state index is 11.0. The molecule has 1 aromatic heterocycles. The molecule has 0 aliphatic heterocycles. The van der Waals surface area contributed by atoms with Gasteiger partial charge in [0.15, 0.2) is 11.5 Å². The Morgan fingerprint density at radius 2 is 2.28 bits per heavy atom. The molecule has 0 aliphatic rings. The van der Waals surface area contributed by atoms with Crippen LogP contribution < -0.4 is 5.73 Å². The van der Waals surface area contributed by atoms with Crippen LogP contribution in [-0.4, -0.2) is 33.6 Å². The minimum Gasteiger partial charge on any atom is -0.476 e. The van der Waals surface area contributed by atoms with Gasteiger partial charge >= 0.3 is 11.9 Å². The number of esters is 1. The molecule has 18 heavy (non-hydrogen) atoms. The molecule has 1 rings (SSSR count). The highest BCUT2D eigenvalue weighted by atomic mass is 16.5. The number of hydrogen-bond donors (Lipinski definition) is 2. The molecular formula is C11H13N3O4. The molecule has 1 aromatic rings. The Kier molecular flexibility index (Phi) is 4.79. The Hall–Kier alpha value is -2.44. The SMILES string of the molecule is CCOC(=O)CC=Cc1cnc(N)c(C(=O)O)n1. The fourth-order valence-corrected chi connectivity index (χ4v) is 1.15. The van der Waals surface area contributed by atoms with Crippen LogP contribution in [0.2, 0.25) is 0 Å². The first-order chi connectivity index (χ1) is 8.54. The fourth-order valence-electron chi connectivity index (χ4n) is 1.15. The van der Waals surface area contributed by atoms with E-state index in [4.69, 9.17) is 15.6 Å². The lowest BCUT2D eigenvalue weighted by Crippen LogP contribution is -2.08. The third-order valence-electron chi connectivity index (χ3n) is 1.90. The van der Waals surface area contributed by atoms with E-state index in [1.165, 1.54) is 18.3 Å². The number of aromatic nitrogens is 2. The van der Waals surface area contributed by atoms with Gasteiger partial charge in [-0.15, -0.1) is 0 Å². The molecule has 0 atom stereocenters. The average Bonchev–Trinajstić information content (AvgIpc) is 2.31. The highest BCUT2D eigenvalue weighted by Gasteiger charge is 2.10. The molecule has 0 aromatic carbocycles. The number of carbonyl (C=O) groups excluding carboxylic acids is 1. The van der Waals surface area contributed by atoms with Gasteiger partial charge in [0.05, 0.1) is 24.9 Å². The van der Waals surface area contributed by atoms with E-state index in [-0.39, 0.29) is 23.9 Å². The van der Waals surface area contributed by atoms with Gasteiger partial charge in [-0.2, -0.15) is 0 Å². The summed E-state index contributed by atoms with van der Waals surface area (Å²) in [4.78, 5) is 29.3. The first-order valence-corrected chi connectivity index (χ1v) is 5.22. The maximum absolute atomic E-state index is 11.0. The van der Waals surface area contributed by atoms with Crippen molar-refractivity contribution in [2.24, 2.45) is 0 Å². The third-order valence-corrected chi connectivity index (χ3v) is 1.90. The molecule has 0 amide bonds.